The summed E-state index contributed by atoms with van der Waals surface area (Å²) >= 11 is 6.20. The van der Waals surface area contributed by atoms with E-state index < -0.39 is 5.92 Å². The third kappa shape index (κ3) is 5.69. The van der Waals surface area contributed by atoms with Crippen LogP contribution in [0.2, 0.25) is 5.02 Å². The Bertz CT molecular complexity index is 952. The summed E-state index contributed by atoms with van der Waals surface area (Å²) in [6.45, 7) is 5.04. The zero-order chi connectivity index (χ0) is 22.2. The molecular formula is C21H28ClN7O2. The molecular weight excluding hydrogens is 418 g/mol. The van der Waals surface area contributed by atoms with E-state index >= 15 is 0 Å². The molecule has 2 heterocycles. The number of hydrogen-bond acceptors (Lipinski definition) is 8. The molecule has 9 nitrogen and oxygen atoms in total. The van der Waals surface area contributed by atoms with Gasteiger partial charge in [-0.1, -0.05) is 11.6 Å². The maximum atomic E-state index is 12.9. The topological polar surface area (TPSA) is 127 Å². The van der Waals surface area contributed by atoms with E-state index in [4.69, 9.17) is 22.1 Å². The van der Waals surface area contributed by atoms with Crippen LogP contribution in [0.1, 0.15) is 36.1 Å². The average Bonchev–Trinajstić information content (AvgIpc) is 3.06. The maximum Gasteiger partial charge on any atom is 0.238 e. The number of rotatable bonds is 11. The van der Waals surface area contributed by atoms with Gasteiger partial charge in [0.15, 0.2) is 0 Å². The fraction of sp³-hybridized carbons (Fsp3) is 0.429. The third-order valence-corrected chi connectivity index (χ3v) is 5.03. The SMILES string of the molecule is CCOCCN=Cc1c(N)nc(NCCCNC)nc1C1C(=O)Nc2ccc(Cl)cc21. The summed E-state index contributed by atoms with van der Waals surface area (Å²) in [5, 5.41) is 9.71. The Labute approximate surface area is 186 Å². The summed E-state index contributed by atoms with van der Waals surface area (Å²) in [6.07, 6.45) is 2.50. The minimum Gasteiger partial charge on any atom is -0.383 e. The van der Waals surface area contributed by atoms with Gasteiger partial charge in [0.1, 0.15) is 11.7 Å². The van der Waals surface area contributed by atoms with E-state index in [2.05, 4.69) is 30.9 Å². The first-order valence-corrected chi connectivity index (χ1v) is 10.7. The molecule has 1 aromatic carbocycles. The van der Waals surface area contributed by atoms with Crippen molar-refractivity contribution in [1.29, 1.82) is 0 Å². The first kappa shape index (κ1) is 22.9. The number of nitrogens with one attached hydrogen (secondary N) is 3. The van der Waals surface area contributed by atoms with Crippen LogP contribution in [-0.2, 0) is 9.53 Å². The fourth-order valence-corrected chi connectivity index (χ4v) is 3.50. The Hall–Kier alpha value is -2.75. The second-order valence-corrected chi connectivity index (χ2v) is 7.44. The standard InChI is InChI=1S/C21H28ClN7O2/c1-3-31-10-9-25-12-15-18(28-21(29-19(15)23)26-8-4-7-24-2)17-14-11-13(22)5-6-16(14)27-20(17)30/h5-6,11-12,17,24H,3-4,7-10H2,1-2H3,(H,27,30)(H3,23,26,28,29). The number of hydrogen-bond donors (Lipinski definition) is 4. The van der Waals surface area contributed by atoms with Gasteiger partial charge in [0.25, 0.3) is 0 Å². The summed E-state index contributed by atoms with van der Waals surface area (Å²) in [5.74, 6) is -0.228. The number of amides is 1. The predicted molar refractivity (Wildman–Crippen MR) is 124 cm³/mol. The van der Waals surface area contributed by atoms with E-state index in [0.717, 1.165) is 18.5 Å². The zero-order valence-corrected chi connectivity index (χ0v) is 18.5. The monoisotopic (exact) mass is 445 g/mol. The Morgan fingerprint density at radius 3 is 2.97 bits per heavy atom. The van der Waals surface area contributed by atoms with Crippen molar-refractivity contribution in [1.82, 2.24) is 15.3 Å². The van der Waals surface area contributed by atoms with Gasteiger partial charge in [-0.15, -0.1) is 0 Å². The molecule has 0 fully saturated rings. The number of ether oxygens (including phenoxy) is 1. The summed E-state index contributed by atoms with van der Waals surface area (Å²) in [7, 11) is 1.90. The van der Waals surface area contributed by atoms with Crippen LogP contribution >= 0.6 is 11.6 Å². The molecule has 0 saturated carbocycles. The molecule has 5 N–H and O–H groups in total. The molecule has 0 aliphatic carbocycles. The van der Waals surface area contributed by atoms with Crippen LogP contribution in [0.5, 0.6) is 0 Å². The lowest BCUT2D eigenvalue weighted by molar-refractivity contribution is -0.116. The number of halogens is 1. The van der Waals surface area contributed by atoms with E-state index in [1.54, 1.807) is 24.4 Å². The largest absolute Gasteiger partial charge is 0.383 e. The van der Waals surface area contributed by atoms with Gasteiger partial charge < -0.3 is 26.4 Å². The number of benzene rings is 1. The molecule has 0 spiro atoms. The molecule has 2 aromatic rings. The van der Waals surface area contributed by atoms with Crippen LogP contribution in [0.15, 0.2) is 23.2 Å². The van der Waals surface area contributed by atoms with E-state index in [0.29, 0.717) is 54.2 Å². The van der Waals surface area contributed by atoms with E-state index in [1.165, 1.54) is 0 Å². The van der Waals surface area contributed by atoms with Gasteiger partial charge in [0, 0.05) is 30.1 Å². The molecule has 0 radical (unpaired) electrons. The van der Waals surface area contributed by atoms with Crippen molar-refractivity contribution < 1.29 is 9.53 Å². The zero-order valence-electron chi connectivity index (χ0n) is 17.7. The first-order chi connectivity index (χ1) is 15.0. The molecule has 1 aliphatic rings. The Morgan fingerprint density at radius 1 is 1.35 bits per heavy atom. The second-order valence-electron chi connectivity index (χ2n) is 7.00. The lowest BCUT2D eigenvalue weighted by Gasteiger charge is -2.15. The molecule has 1 atom stereocenters. The molecule has 0 bridgehead atoms. The van der Waals surface area contributed by atoms with Gasteiger partial charge in [-0.3, -0.25) is 9.79 Å². The van der Waals surface area contributed by atoms with E-state index in [9.17, 15) is 4.79 Å². The molecule has 3 rings (SSSR count). The van der Waals surface area contributed by atoms with Crippen molar-refractivity contribution in [2.45, 2.75) is 19.3 Å². The molecule has 1 amide bonds. The van der Waals surface area contributed by atoms with Crippen LogP contribution in [-0.4, -0.2) is 62.0 Å². The van der Waals surface area contributed by atoms with Crippen molar-refractivity contribution in [3.05, 3.63) is 40.0 Å². The number of nitrogens with two attached hydrogens (primary N) is 1. The van der Waals surface area contributed by atoms with Crippen molar-refractivity contribution in [2.75, 3.05) is 56.3 Å². The smallest absolute Gasteiger partial charge is 0.238 e. The summed E-state index contributed by atoms with van der Waals surface area (Å²) < 4.78 is 5.32. The molecule has 1 unspecified atom stereocenters. The molecule has 31 heavy (non-hydrogen) atoms. The van der Waals surface area contributed by atoms with Gasteiger partial charge in [0.05, 0.1) is 24.4 Å². The highest BCUT2D eigenvalue weighted by molar-refractivity contribution is 6.31. The number of carbonyl (C=O) groups is 1. The van der Waals surface area contributed by atoms with Gasteiger partial charge in [0.2, 0.25) is 11.9 Å². The second kappa shape index (κ2) is 11.0. The predicted octanol–water partition coefficient (Wildman–Crippen LogP) is 2.27. The van der Waals surface area contributed by atoms with Gasteiger partial charge in [-0.05, 0) is 50.7 Å². The highest BCUT2D eigenvalue weighted by Crippen LogP contribution is 2.39. The Morgan fingerprint density at radius 2 is 2.19 bits per heavy atom. The Balaban J connectivity index is 1.97. The third-order valence-electron chi connectivity index (χ3n) is 4.80. The highest BCUT2D eigenvalue weighted by Gasteiger charge is 2.35. The number of nitrogens with zero attached hydrogens (tertiary/aromatic N) is 3. The first-order valence-electron chi connectivity index (χ1n) is 10.3. The average molecular weight is 446 g/mol. The van der Waals surface area contributed by atoms with Gasteiger partial charge in [-0.25, -0.2) is 4.98 Å². The maximum absolute atomic E-state index is 12.9. The van der Waals surface area contributed by atoms with Gasteiger partial charge >= 0.3 is 0 Å². The number of anilines is 3. The summed E-state index contributed by atoms with van der Waals surface area (Å²) in [6, 6.07) is 5.29. The number of aromatic nitrogens is 2. The minimum absolute atomic E-state index is 0.194. The summed E-state index contributed by atoms with van der Waals surface area (Å²) in [4.78, 5) is 26.3. The molecule has 1 aromatic heterocycles. The molecule has 166 valence electrons. The van der Waals surface area contributed by atoms with E-state index in [1.807, 2.05) is 14.0 Å². The number of fused-ring (bicyclic) bond motifs is 1. The number of carbonyl (C=O) groups excluding carboxylic acids is 1. The molecule has 10 heteroatoms. The van der Waals surface area contributed by atoms with Crippen LogP contribution in [0.4, 0.5) is 17.5 Å². The minimum atomic E-state index is -0.662. The molecule has 1 aliphatic heterocycles. The van der Waals surface area contributed by atoms with Crippen LogP contribution in [0.3, 0.4) is 0 Å². The van der Waals surface area contributed by atoms with E-state index in [-0.39, 0.29) is 11.7 Å². The van der Waals surface area contributed by atoms with Crippen molar-refractivity contribution in [3.8, 4) is 0 Å². The number of nitrogen functional groups attached to an aromatic ring is 1. The lowest BCUT2D eigenvalue weighted by atomic mass is 9.94. The van der Waals surface area contributed by atoms with Crippen molar-refractivity contribution >= 4 is 41.2 Å². The van der Waals surface area contributed by atoms with Crippen LogP contribution in [0.25, 0.3) is 0 Å². The highest BCUT2D eigenvalue weighted by atomic mass is 35.5. The normalized spacial score (nSPS) is 15.3. The fourth-order valence-electron chi connectivity index (χ4n) is 3.32. The van der Waals surface area contributed by atoms with Crippen LogP contribution < -0.4 is 21.7 Å². The van der Waals surface area contributed by atoms with Gasteiger partial charge in [-0.2, -0.15) is 4.98 Å². The molecule has 0 saturated heterocycles. The lowest BCUT2D eigenvalue weighted by Crippen LogP contribution is -2.20. The summed E-state index contributed by atoms with van der Waals surface area (Å²) in [5.41, 5.74) is 8.74. The van der Waals surface area contributed by atoms with Crippen molar-refractivity contribution in [2.24, 2.45) is 4.99 Å². The number of aliphatic imine (C=N–C) groups is 1. The Kier molecular flexibility index (Phi) is 8.16. The quantitative estimate of drug-likeness (QED) is 0.308. The van der Waals surface area contributed by atoms with Crippen molar-refractivity contribution in [3.63, 3.8) is 0 Å². The van der Waals surface area contributed by atoms with Crippen LogP contribution in [0, 0.1) is 0 Å².